The van der Waals surface area contributed by atoms with E-state index in [0.717, 1.165) is 45.4 Å². The number of rotatable bonds is 9. The molecular formula is C18H37N3O2. The summed E-state index contributed by atoms with van der Waals surface area (Å²) < 4.78 is 11.3. The van der Waals surface area contributed by atoms with Crippen molar-refractivity contribution in [1.29, 1.82) is 0 Å². The second-order valence-corrected chi connectivity index (χ2v) is 7.29. The van der Waals surface area contributed by atoms with E-state index in [-0.39, 0.29) is 0 Å². The van der Waals surface area contributed by atoms with Gasteiger partial charge in [0.1, 0.15) is 0 Å². The molecule has 0 radical (unpaired) electrons. The molecule has 5 nitrogen and oxygen atoms in total. The van der Waals surface area contributed by atoms with Crippen LogP contribution in [0.4, 0.5) is 0 Å². The van der Waals surface area contributed by atoms with Gasteiger partial charge in [0.25, 0.3) is 0 Å². The van der Waals surface area contributed by atoms with Crippen LogP contribution in [0.25, 0.3) is 0 Å². The standard InChI is InChI=1S/C18H37N3O2/c1-18(2)4-15-23-17-13-21-10-8-20(9-11-21)7-6-19-5-3-14-22-16-12-19/h18H,3-17H2,1-2H3. The van der Waals surface area contributed by atoms with Crippen molar-refractivity contribution in [2.75, 3.05) is 85.3 Å². The molecule has 2 heterocycles. The fraction of sp³-hybridized carbons (Fsp3) is 1.00. The van der Waals surface area contributed by atoms with Crippen LogP contribution in [-0.4, -0.2) is 100 Å². The molecule has 2 aliphatic rings. The van der Waals surface area contributed by atoms with E-state index in [1.54, 1.807) is 0 Å². The Balaban J connectivity index is 1.48. The summed E-state index contributed by atoms with van der Waals surface area (Å²) in [6, 6.07) is 0. The maximum Gasteiger partial charge on any atom is 0.0593 e. The van der Waals surface area contributed by atoms with Crippen LogP contribution < -0.4 is 0 Å². The molecule has 2 aliphatic heterocycles. The van der Waals surface area contributed by atoms with Crippen molar-refractivity contribution in [2.45, 2.75) is 26.7 Å². The second-order valence-electron chi connectivity index (χ2n) is 7.29. The van der Waals surface area contributed by atoms with Gasteiger partial charge in [0.15, 0.2) is 0 Å². The first kappa shape index (κ1) is 19.1. The average molecular weight is 328 g/mol. The summed E-state index contributed by atoms with van der Waals surface area (Å²) in [5.74, 6) is 0.745. The highest BCUT2D eigenvalue weighted by molar-refractivity contribution is 4.73. The summed E-state index contributed by atoms with van der Waals surface area (Å²) in [6.45, 7) is 18.7. The van der Waals surface area contributed by atoms with Gasteiger partial charge in [0.2, 0.25) is 0 Å². The van der Waals surface area contributed by atoms with E-state index in [0.29, 0.717) is 0 Å². The van der Waals surface area contributed by atoms with Crippen molar-refractivity contribution in [3.8, 4) is 0 Å². The third-order valence-electron chi connectivity index (χ3n) is 4.90. The Kier molecular flexibility index (Phi) is 9.46. The van der Waals surface area contributed by atoms with E-state index in [4.69, 9.17) is 9.47 Å². The molecule has 2 rings (SSSR count). The Hall–Kier alpha value is -0.200. The van der Waals surface area contributed by atoms with Gasteiger partial charge < -0.3 is 9.47 Å². The van der Waals surface area contributed by atoms with Gasteiger partial charge in [-0.25, -0.2) is 0 Å². The van der Waals surface area contributed by atoms with E-state index >= 15 is 0 Å². The Morgan fingerprint density at radius 2 is 1.43 bits per heavy atom. The molecule has 0 saturated carbocycles. The zero-order chi connectivity index (χ0) is 16.3. The topological polar surface area (TPSA) is 28.2 Å². The minimum Gasteiger partial charge on any atom is -0.380 e. The molecule has 0 aromatic carbocycles. The lowest BCUT2D eigenvalue weighted by Crippen LogP contribution is -2.49. The van der Waals surface area contributed by atoms with Gasteiger partial charge in [-0.05, 0) is 18.8 Å². The first-order valence-electron chi connectivity index (χ1n) is 9.56. The van der Waals surface area contributed by atoms with Gasteiger partial charge in [0.05, 0.1) is 13.2 Å². The predicted molar refractivity (Wildman–Crippen MR) is 95.0 cm³/mol. The van der Waals surface area contributed by atoms with Crippen LogP contribution in [0.2, 0.25) is 0 Å². The van der Waals surface area contributed by atoms with Crippen LogP contribution in [0.5, 0.6) is 0 Å². The lowest BCUT2D eigenvalue weighted by molar-refractivity contribution is 0.0680. The summed E-state index contributed by atoms with van der Waals surface area (Å²) in [4.78, 5) is 7.72. The molecule has 0 aliphatic carbocycles. The minimum atomic E-state index is 0.745. The molecule has 5 heteroatoms. The molecule has 0 bridgehead atoms. The second kappa shape index (κ2) is 11.4. The summed E-state index contributed by atoms with van der Waals surface area (Å²) in [5, 5.41) is 0. The molecule has 2 saturated heterocycles. The minimum absolute atomic E-state index is 0.745. The monoisotopic (exact) mass is 327 g/mol. The van der Waals surface area contributed by atoms with Crippen molar-refractivity contribution >= 4 is 0 Å². The number of piperazine rings is 1. The summed E-state index contributed by atoms with van der Waals surface area (Å²) in [7, 11) is 0. The van der Waals surface area contributed by atoms with Crippen molar-refractivity contribution in [2.24, 2.45) is 5.92 Å². The van der Waals surface area contributed by atoms with Crippen LogP contribution in [-0.2, 0) is 9.47 Å². The Labute approximate surface area is 142 Å². The predicted octanol–water partition coefficient (Wildman–Crippen LogP) is 1.39. The number of nitrogens with zero attached hydrogens (tertiary/aromatic N) is 3. The maximum atomic E-state index is 5.74. The third-order valence-corrected chi connectivity index (χ3v) is 4.90. The molecule has 0 aromatic heterocycles. The maximum absolute atomic E-state index is 5.74. The van der Waals surface area contributed by atoms with Crippen molar-refractivity contribution < 1.29 is 9.47 Å². The largest absolute Gasteiger partial charge is 0.380 e. The molecule has 0 amide bonds. The van der Waals surface area contributed by atoms with Crippen LogP contribution >= 0.6 is 0 Å². The van der Waals surface area contributed by atoms with E-state index in [2.05, 4.69) is 28.5 Å². The highest BCUT2D eigenvalue weighted by atomic mass is 16.5. The summed E-state index contributed by atoms with van der Waals surface area (Å²) in [6.07, 6.45) is 2.36. The summed E-state index contributed by atoms with van der Waals surface area (Å²) in [5.41, 5.74) is 0. The zero-order valence-corrected chi connectivity index (χ0v) is 15.3. The van der Waals surface area contributed by atoms with Gasteiger partial charge in [0, 0.05) is 72.1 Å². The number of ether oxygens (including phenoxy) is 2. The third kappa shape index (κ3) is 8.45. The Morgan fingerprint density at radius 3 is 2.13 bits per heavy atom. The van der Waals surface area contributed by atoms with E-state index in [1.807, 2.05) is 0 Å². The molecule has 136 valence electrons. The molecule has 0 atom stereocenters. The van der Waals surface area contributed by atoms with Gasteiger partial charge >= 0.3 is 0 Å². The van der Waals surface area contributed by atoms with Crippen molar-refractivity contribution in [3.63, 3.8) is 0 Å². The average Bonchev–Trinajstić information content (AvgIpc) is 2.82. The van der Waals surface area contributed by atoms with Crippen molar-refractivity contribution in [1.82, 2.24) is 14.7 Å². The lowest BCUT2D eigenvalue weighted by Gasteiger charge is -2.35. The molecular weight excluding hydrogens is 290 g/mol. The molecule has 2 fully saturated rings. The molecule has 0 unspecified atom stereocenters. The first-order chi connectivity index (χ1) is 11.2. The normalized spacial score (nSPS) is 22.6. The Bertz CT molecular complexity index is 286. The van der Waals surface area contributed by atoms with Gasteiger partial charge in [-0.1, -0.05) is 13.8 Å². The fourth-order valence-electron chi connectivity index (χ4n) is 3.16. The van der Waals surface area contributed by atoms with Crippen molar-refractivity contribution in [3.05, 3.63) is 0 Å². The van der Waals surface area contributed by atoms with Crippen LogP contribution in [0, 0.1) is 5.92 Å². The summed E-state index contributed by atoms with van der Waals surface area (Å²) >= 11 is 0. The number of hydrogen-bond donors (Lipinski definition) is 0. The van der Waals surface area contributed by atoms with E-state index < -0.39 is 0 Å². The number of hydrogen-bond acceptors (Lipinski definition) is 5. The molecule has 0 N–H and O–H groups in total. The van der Waals surface area contributed by atoms with Crippen LogP contribution in [0.15, 0.2) is 0 Å². The lowest BCUT2D eigenvalue weighted by atomic mass is 10.1. The van der Waals surface area contributed by atoms with Gasteiger partial charge in [-0.2, -0.15) is 0 Å². The van der Waals surface area contributed by atoms with Gasteiger partial charge in [-0.3, -0.25) is 14.7 Å². The highest BCUT2D eigenvalue weighted by Crippen LogP contribution is 2.04. The van der Waals surface area contributed by atoms with Crippen LogP contribution in [0.3, 0.4) is 0 Å². The zero-order valence-electron chi connectivity index (χ0n) is 15.3. The first-order valence-corrected chi connectivity index (χ1v) is 9.56. The van der Waals surface area contributed by atoms with Gasteiger partial charge in [-0.15, -0.1) is 0 Å². The molecule has 23 heavy (non-hydrogen) atoms. The SMILES string of the molecule is CC(C)CCOCCN1CCN(CCN2CCCOCC2)CC1. The van der Waals surface area contributed by atoms with E-state index in [9.17, 15) is 0 Å². The molecule has 0 spiro atoms. The van der Waals surface area contributed by atoms with Crippen LogP contribution in [0.1, 0.15) is 26.7 Å². The van der Waals surface area contributed by atoms with E-state index in [1.165, 1.54) is 58.7 Å². The quantitative estimate of drug-likeness (QED) is 0.597. The molecule has 0 aromatic rings. The fourth-order valence-corrected chi connectivity index (χ4v) is 3.16. The smallest absolute Gasteiger partial charge is 0.0593 e. The highest BCUT2D eigenvalue weighted by Gasteiger charge is 2.17. The Morgan fingerprint density at radius 1 is 0.783 bits per heavy atom.